The summed E-state index contributed by atoms with van der Waals surface area (Å²) in [6.45, 7) is 10.9. The van der Waals surface area contributed by atoms with Crippen LogP contribution >= 0.6 is 11.6 Å². The van der Waals surface area contributed by atoms with Gasteiger partial charge in [0, 0.05) is 49.2 Å². The maximum Gasteiger partial charge on any atom is 0.142 e. The quantitative estimate of drug-likeness (QED) is 0.0789. The molecule has 62 heavy (non-hydrogen) atoms. The Bertz CT molecular complexity index is 2670. The molecule has 0 amide bonds. The Hall–Kier alpha value is -6.18. The Morgan fingerprint density at radius 2 is 1.48 bits per heavy atom. The van der Waals surface area contributed by atoms with Gasteiger partial charge in [-0.15, -0.1) is 0 Å². The predicted octanol–water partition coefficient (Wildman–Crippen LogP) is 10.9. The number of aromatic nitrogens is 3. The summed E-state index contributed by atoms with van der Waals surface area (Å²) in [4.78, 5) is 14.0. The zero-order valence-corrected chi connectivity index (χ0v) is 36.6. The van der Waals surface area contributed by atoms with E-state index in [0.717, 1.165) is 74.5 Å². The van der Waals surface area contributed by atoms with Gasteiger partial charge in [-0.25, -0.2) is 4.98 Å². The van der Waals surface area contributed by atoms with Crippen LogP contribution in [0.3, 0.4) is 0 Å². The highest BCUT2D eigenvalue weighted by Gasteiger charge is 2.19. The van der Waals surface area contributed by atoms with E-state index in [-0.39, 0.29) is 6.61 Å². The van der Waals surface area contributed by atoms with Crippen molar-refractivity contribution in [2.75, 3.05) is 33.3 Å². The zero-order chi connectivity index (χ0) is 42.8. The second-order valence-corrected chi connectivity index (χ2v) is 16.6. The summed E-state index contributed by atoms with van der Waals surface area (Å²) in [5.74, 6) is 3.04. The molecular weight excluding hydrogens is 792 g/mol. The Balaban J connectivity index is 1.01. The second kappa shape index (κ2) is 20.1. The molecule has 0 radical (unpaired) electrons. The number of imidazole rings is 1. The minimum Gasteiger partial charge on any atom is -0.493 e. The first kappa shape index (κ1) is 42.5. The molecule has 1 saturated heterocycles. The molecule has 0 bridgehead atoms. The third-order valence-electron chi connectivity index (χ3n) is 11.7. The van der Waals surface area contributed by atoms with Gasteiger partial charge in [-0.3, -0.25) is 9.88 Å². The van der Waals surface area contributed by atoms with E-state index in [1.54, 1.807) is 18.5 Å². The molecule has 3 heterocycles. The van der Waals surface area contributed by atoms with Gasteiger partial charge in [0.25, 0.3) is 0 Å². The molecule has 1 fully saturated rings. The Morgan fingerprint density at radius 3 is 2.31 bits per heavy atom. The lowest BCUT2D eigenvalue weighted by atomic mass is 9.93. The van der Waals surface area contributed by atoms with Crippen LogP contribution in [-0.4, -0.2) is 57.6 Å². The summed E-state index contributed by atoms with van der Waals surface area (Å²) in [7, 11) is 2.07. The fourth-order valence-electron chi connectivity index (χ4n) is 8.34. The number of hydrogen-bond donors (Lipinski definition) is 0. The van der Waals surface area contributed by atoms with Crippen LogP contribution < -0.4 is 14.2 Å². The van der Waals surface area contributed by atoms with Crippen LogP contribution in [0, 0.1) is 25.2 Å². The molecule has 0 spiro atoms. The van der Waals surface area contributed by atoms with Gasteiger partial charge in [-0.2, -0.15) is 5.26 Å². The fraction of sp³-hybridized carbons (Fsp3) is 0.288. The van der Waals surface area contributed by atoms with E-state index >= 15 is 0 Å². The van der Waals surface area contributed by atoms with Crippen molar-refractivity contribution in [3.8, 4) is 34.4 Å². The second-order valence-electron chi connectivity index (χ2n) is 16.2. The molecule has 5 aromatic carbocycles. The molecule has 8 rings (SSSR count). The highest BCUT2D eigenvalue weighted by molar-refractivity contribution is 6.32. The number of benzene rings is 5. The van der Waals surface area contributed by atoms with E-state index in [0.29, 0.717) is 54.9 Å². The molecule has 0 saturated carbocycles. The minimum absolute atomic E-state index is 0.217. The third kappa shape index (κ3) is 10.3. The Labute approximate surface area is 370 Å². The van der Waals surface area contributed by atoms with Gasteiger partial charge in [0.1, 0.15) is 42.4 Å². The van der Waals surface area contributed by atoms with Gasteiger partial charge >= 0.3 is 0 Å². The Morgan fingerprint density at radius 1 is 0.726 bits per heavy atom. The van der Waals surface area contributed by atoms with E-state index in [1.807, 2.05) is 24.3 Å². The van der Waals surface area contributed by atoms with Crippen LogP contribution in [0.1, 0.15) is 64.0 Å². The predicted molar refractivity (Wildman–Crippen MR) is 247 cm³/mol. The van der Waals surface area contributed by atoms with Crippen LogP contribution in [0.5, 0.6) is 17.2 Å². The first-order valence-corrected chi connectivity index (χ1v) is 21.8. The van der Waals surface area contributed by atoms with Crippen molar-refractivity contribution in [3.05, 3.63) is 171 Å². The number of hydrogen-bond acceptors (Lipinski definition) is 8. The van der Waals surface area contributed by atoms with E-state index in [4.69, 9.17) is 30.8 Å². The molecule has 1 aliphatic heterocycles. The molecule has 0 atom stereocenters. The van der Waals surface area contributed by atoms with E-state index < -0.39 is 0 Å². The van der Waals surface area contributed by atoms with Crippen molar-refractivity contribution in [1.82, 2.24) is 24.3 Å². The van der Waals surface area contributed by atoms with Gasteiger partial charge < -0.3 is 23.7 Å². The number of halogens is 1. The number of nitriles is 1. The lowest BCUT2D eigenvalue weighted by Crippen LogP contribution is -2.22. The summed E-state index contributed by atoms with van der Waals surface area (Å²) < 4.78 is 21.6. The van der Waals surface area contributed by atoms with Crippen LogP contribution in [0.2, 0.25) is 5.02 Å². The van der Waals surface area contributed by atoms with Crippen LogP contribution in [0.15, 0.2) is 122 Å². The largest absolute Gasteiger partial charge is 0.493 e. The van der Waals surface area contributed by atoms with Crippen molar-refractivity contribution in [2.24, 2.45) is 0 Å². The van der Waals surface area contributed by atoms with Crippen molar-refractivity contribution in [2.45, 2.75) is 66.0 Å². The molecule has 316 valence electrons. The van der Waals surface area contributed by atoms with Gasteiger partial charge in [-0.05, 0) is 117 Å². The maximum atomic E-state index is 9.50. The normalized spacial score (nSPS) is 12.8. The molecule has 1 aliphatic rings. The average molecular weight is 845 g/mol. The number of nitrogens with zero attached hydrogens (tertiary/aromatic N) is 6. The van der Waals surface area contributed by atoms with Crippen LogP contribution in [0.4, 0.5) is 0 Å². The average Bonchev–Trinajstić information content (AvgIpc) is 3.93. The van der Waals surface area contributed by atoms with Crippen molar-refractivity contribution in [1.29, 1.82) is 5.26 Å². The number of fused-ring (bicyclic) bond motifs is 1. The molecule has 0 N–H and O–H groups in total. The number of rotatable bonds is 18. The van der Waals surface area contributed by atoms with Crippen LogP contribution in [0.25, 0.3) is 22.2 Å². The standard InChI is InChI=1S/C52H53ClN6O3/c1-37-42(16-11-17-44(37)45-18-12-21-49(38(45)2)60-25-13-24-58-22-9-10-23-58)36-62-51-28-50(61-35-41-26-40(29-54)30-55-31-41)43(27-46(51)53)33-57(3)34-52-56-47-19-7-8-20-48(47)59(52)32-39-14-5-4-6-15-39/h4-8,11-12,14-21,26-28,30-31H,9-10,13,22-25,32-36H2,1-3H3. The summed E-state index contributed by atoms with van der Waals surface area (Å²) in [5.41, 5.74) is 11.0. The molecule has 10 heteroatoms. The van der Waals surface area contributed by atoms with Crippen molar-refractivity contribution >= 4 is 22.6 Å². The van der Waals surface area contributed by atoms with Crippen molar-refractivity contribution in [3.63, 3.8) is 0 Å². The number of ether oxygens (including phenoxy) is 3. The monoisotopic (exact) mass is 844 g/mol. The SMILES string of the molecule is Cc1c(COc2cc(OCc3cncc(C#N)c3)c(CN(C)Cc3nc4ccccc4n3Cc3ccccc3)cc2Cl)cccc1-c1cccc(OCCCN2CCCC2)c1C. The first-order chi connectivity index (χ1) is 30.3. The molecule has 0 unspecified atom stereocenters. The molecule has 2 aromatic heterocycles. The first-order valence-electron chi connectivity index (χ1n) is 21.4. The highest BCUT2D eigenvalue weighted by atomic mass is 35.5. The number of pyridine rings is 1. The van der Waals surface area contributed by atoms with E-state index in [9.17, 15) is 5.26 Å². The lowest BCUT2D eigenvalue weighted by molar-refractivity contribution is 0.262. The highest BCUT2D eigenvalue weighted by Crippen LogP contribution is 2.37. The van der Waals surface area contributed by atoms with E-state index in [2.05, 4.69) is 125 Å². The molecular formula is C52H53ClN6O3. The number of para-hydroxylation sites is 2. The third-order valence-corrected chi connectivity index (χ3v) is 12.0. The van der Waals surface area contributed by atoms with Gasteiger partial charge in [-0.1, -0.05) is 84.4 Å². The van der Waals surface area contributed by atoms with Crippen LogP contribution in [-0.2, 0) is 32.8 Å². The maximum absolute atomic E-state index is 9.50. The van der Waals surface area contributed by atoms with Gasteiger partial charge in [0.15, 0.2) is 0 Å². The number of likely N-dealkylation sites (tertiary alicyclic amines) is 1. The smallest absolute Gasteiger partial charge is 0.142 e. The topological polar surface area (TPSA) is 88.7 Å². The minimum atomic E-state index is 0.217. The lowest BCUT2D eigenvalue weighted by Gasteiger charge is -2.21. The van der Waals surface area contributed by atoms with Crippen molar-refractivity contribution < 1.29 is 14.2 Å². The summed E-state index contributed by atoms with van der Waals surface area (Å²) in [6.07, 6.45) is 6.89. The Kier molecular flexibility index (Phi) is 13.8. The van der Waals surface area contributed by atoms with E-state index in [1.165, 1.54) is 31.5 Å². The van der Waals surface area contributed by atoms with Gasteiger partial charge in [0.2, 0.25) is 0 Å². The molecule has 9 nitrogen and oxygen atoms in total. The summed E-state index contributed by atoms with van der Waals surface area (Å²) in [6, 6.07) is 39.2. The molecule has 0 aliphatic carbocycles. The zero-order valence-electron chi connectivity index (χ0n) is 35.8. The fourth-order valence-corrected chi connectivity index (χ4v) is 8.58. The summed E-state index contributed by atoms with van der Waals surface area (Å²) >= 11 is 7.05. The summed E-state index contributed by atoms with van der Waals surface area (Å²) in [5, 5.41) is 9.99. The van der Waals surface area contributed by atoms with Gasteiger partial charge in [0.05, 0.1) is 34.8 Å². The molecule has 7 aromatic rings.